The lowest BCUT2D eigenvalue weighted by molar-refractivity contribution is 0.0919. The summed E-state index contributed by atoms with van der Waals surface area (Å²) in [6, 6.07) is 13.9. The van der Waals surface area contributed by atoms with Gasteiger partial charge in [-0.2, -0.15) is 5.26 Å². The summed E-state index contributed by atoms with van der Waals surface area (Å²) < 4.78 is 27.3. The van der Waals surface area contributed by atoms with Crippen LogP contribution < -0.4 is 10.0 Å². The predicted octanol–water partition coefficient (Wildman–Crippen LogP) is 2.89. The molecule has 0 aliphatic heterocycles. The quantitative estimate of drug-likeness (QED) is 0.879. The molecule has 0 spiro atoms. The number of carbonyl (C=O) groups excluding carboxylic acids is 1. The second-order valence-electron chi connectivity index (χ2n) is 6.49. The van der Waals surface area contributed by atoms with Crippen molar-refractivity contribution in [3.05, 3.63) is 59.7 Å². The summed E-state index contributed by atoms with van der Waals surface area (Å²) in [5.74, 6) is -0.278. The lowest BCUT2D eigenvalue weighted by Gasteiger charge is -2.20. The molecule has 0 heterocycles. The Kier molecular flexibility index (Phi) is 5.14. The molecule has 6 nitrogen and oxygen atoms in total. The SMILES string of the molecule is CC(C)(C)NC(=O)c1ccc(S(=O)(=O)Nc2ccccc2C#N)cc1. The van der Waals surface area contributed by atoms with E-state index in [2.05, 4.69) is 10.0 Å². The topological polar surface area (TPSA) is 99.1 Å². The molecule has 2 aromatic carbocycles. The van der Waals surface area contributed by atoms with Gasteiger partial charge < -0.3 is 5.32 Å². The molecule has 0 saturated heterocycles. The summed E-state index contributed by atoms with van der Waals surface area (Å²) in [6.45, 7) is 5.58. The van der Waals surface area contributed by atoms with Crippen molar-refractivity contribution in [1.29, 1.82) is 5.26 Å². The molecular formula is C18H19N3O3S. The van der Waals surface area contributed by atoms with Crippen LogP contribution in [-0.2, 0) is 10.0 Å². The summed E-state index contributed by atoms with van der Waals surface area (Å²) in [5.41, 5.74) is 0.419. The maximum atomic E-state index is 12.5. The number of amides is 1. The molecule has 25 heavy (non-hydrogen) atoms. The number of benzene rings is 2. The number of nitrogens with one attached hydrogen (secondary N) is 2. The summed E-state index contributed by atoms with van der Waals surface area (Å²) in [5, 5.41) is 11.9. The van der Waals surface area contributed by atoms with Gasteiger partial charge in [-0.25, -0.2) is 8.42 Å². The van der Waals surface area contributed by atoms with E-state index in [1.165, 1.54) is 36.4 Å². The highest BCUT2D eigenvalue weighted by Gasteiger charge is 2.18. The Morgan fingerprint density at radius 2 is 1.64 bits per heavy atom. The highest BCUT2D eigenvalue weighted by Crippen LogP contribution is 2.20. The number of para-hydroxylation sites is 1. The van der Waals surface area contributed by atoms with Crippen LogP contribution in [0.25, 0.3) is 0 Å². The molecule has 0 bridgehead atoms. The van der Waals surface area contributed by atoms with Crippen LogP contribution in [0.3, 0.4) is 0 Å². The molecule has 2 rings (SSSR count). The number of rotatable bonds is 4. The van der Waals surface area contributed by atoms with E-state index in [1.807, 2.05) is 26.8 Å². The van der Waals surface area contributed by atoms with E-state index in [1.54, 1.807) is 12.1 Å². The molecule has 0 fully saturated rings. The van der Waals surface area contributed by atoms with E-state index in [-0.39, 0.29) is 27.6 Å². The minimum Gasteiger partial charge on any atom is -0.347 e. The zero-order valence-electron chi connectivity index (χ0n) is 14.2. The van der Waals surface area contributed by atoms with Gasteiger partial charge in [-0.3, -0.25) is 9.52 Å². The van der Waals surface area contributed by atoms with Crippen LogP contribution in [0.4, 0.5) is 5.69 Å². The summed E-state index contributed by atoms with van der Waals surface area (Å²) in [7, 11) is -3.86. The van der Waals surface area contributed by atoms with Crippen molar-refractivity contribution < 1.29 is 13.2 Å². The Hall–Kier alpha value is -2.85. The third kappa shape index (κ3) is 4.81. The first kappa shape index (κ1) is 18.5. The Morgan fingerprint density at radius 3 is 2.20 bits per heavy atom. The molecule has 0 atom stereocenters. The number of hydrogen-bond acceptors (Lipinski definition) is 4. The van der Waals surface area contributed by atoms with Crippen molar-refractivity contribution in [2.24, 2.45) is 0 Å². The molecule has 0 saturated carbocycles. The van der Waals surface area contributed by atoms with Crippen molar-refractivity contribution in [3.63, 3.8) is 0 Å². The first-order valence-electron chi connectivity index (χ1n) is 7.57. The Labute approximate surface area is 147 Å². The third-order valence-electron chi connectivity index (χ3n) is 3.21. The van der Waals surface area contributed by atoms with Gasteiger partial charge in [0.2, 0.25) is 0 Å². The van der Waals surface area contributed by atoms with Crippen LogP contribution in [0.2, 0.25) is 0 Å². The van der Waals surface area contributed by atoms with Gasteiger partial charge in [-0.15, -0.1) is 0 Å². The summed E-state index contributed by atoms with van der Waals surface area (Å²) in [6.07, 6.45) is 0. The molecule has 130 valence electrons. The number of carbonyl (C=O) groups is 1. The zero-order valence-corrected chi connectivity index (χ0v) is 15.0. The van der Waals surface area contributed by atoms with Gasteiger partial charge in [0.05, 0.1) is 16.1 Å². The van der Waals surface area contributed by atoms with Crippen molar-refractivity contribution in [3.8, 4) is 6.07 Å². The first-order chi connectivity index (χ1) is 11.6. The Bertz CT molecular complexity index is 921. The summed E-state index contributed by atoms with van der Waals surface area (Å²) in [4.78, 5) is 12.1. The second-order valence-corrected chi connectivity index (χ2v) is 8.17. The van der Waals surface area contributed by atoms with Gasteiger partial charge >= 0.3 is 0 Å². The van der Waals surface area contributed by atoms with E-state index in [0.29, 0.717) is 5.56 Å². The van der Waals surface area contributed by atoms with Crippen molar-refractivity contribution in [2.75, 3.05) is 4.72 Å². The van der Waals surface area contributed by atoms with Gasteiger partial charge in [0.15, 0.2) is 0 Å². The fourth-order valence-electron chi connectivity index (χ4n) is 2.07. The van der Waals surface area contributed by atoms with E-state index < -0.39 is 10.0 Å². The zero-order chi connectivity index (χ0) is 18.7. The monoisotopic (exact) mass is 357 g/mol. The van der Waals surface area contributed by atoms with Crippen LogP contribution in [-0.4, -0.2) is 19.9 Å². The summed E-state index contributed by atoms with van der Waals surface area (Å²) >= 11 is 0. The number of sulfonamides is 1. The number of anilines is 1. The van der Waals surface area contributed by atoms with E-state index in [0.717, 1.165) is 0 Å². The first-order valence-corrected chi connectivity index (χ1v) is 9.05. The molecule has 0 radical (unpaired) electrons. The number of nitrogens with zero attached hydrogens (tertiary/aromatic N) is 1. The standard InChI is InChI=1S/C18H19N3O3S/c1-18(2,3)20-17(22)13-8-10-15(11-9-13)25(23,24)21-16-7-5-4-6-14(16)12-19/h4-11,21H,1-3H3,(H,20,22). The molecule has 2 aromatic rings. The minimum absolute atomic E-state index is 0.00699. The van der Waals surface area contributed by atoms with Crippen molar-refractivity contribution >= 4 is 21.6 Å². The lowest BCUT2D eigenvalue weighted by atomic mass is 10.1. The molecule has 0 aromatic heterocycles. The fraction of sp³-hybridized carbons (Fsp3) is 0.222. The highest BCUT2D eigenvalue weighted by atomic mass is 32.2. The van der Waals surface area contributed by atoms with Crippen LogP contribution in [0.15, 0.2) is 53.4 Å². The van der Waals surface area contributed by atoms with Gasteiger partial charge in [-0.05, 0) is 57.2 Å². The van der Waals surface area contributed by atoms with Crippen molar-refractivity contribution in [2.45, 2.75) is 31.2 Å². The molecule has 1 amide bonds. The van der Waals surface area contributed by atoms with Crippen LogP contribution in [0.1, 0.15) is 36.7 Å². The highest BCUT2D eigenvalue weighted by molar-refractivity contribution is 7.92. The second kappa shape index (κ2) is 6.95. The molecule has 0 aliphatic carbocycles. The van der Waals surface area contributed by atoms with Gasteiger partial charge in [0.25, 0.3) is 15.9 Å². The van der Waals surface area contributed by atoms with Gasteiger partial charge in [-0.1, -0.05) is 12.1 Å². The smallest absolute Gasteiger partial charge is 0.261 e. The minimum atomic E-state index is -3.86. The lowest BCUT2D eigenvalue weighted by Crippen LogP contribution is -2.40. The molecule has 7 heteroatoms. The maximum absolute atomic E-state index is 12.5. The average Bonchev–Trinajstić information content (AvgIpc) is 2.53. The fourth-order valence-corrected chi connectivity index (χ4v) is 3.15. The predicted molar refractivity (Wildman–Crippen MR) is 95.6 cm³/mol. The van der Waals surface area contributed by atoms with Gasteiger partial charge in [0.1, 0.15) is 6.07 Å². The maximum Gasteiger partial charge on any atom is 0.261 e. The van der Waals surface area contributed by atoms with Gasteiger partial charge in [0, 0.05) is 11.1 Å². The van der Waals surface area contributed by atoms with E-state index in [9.17, 15) is 13.2 Å². The number of hydrogen-bond donors (Lipinski definition) is 2. The van der Waals surface area contributed by atoms with Crippen molar-refractivity contribution in [1.82, 2.24) is 5.32 Å². The van der Waals surface area contributed by atoms with Crippen LogP contribution >= 0.6 is 0 Å². The molecule has 0 unspecified atom stereocenters. The Balaban J connectivity index is 2.24. The van der Waals surface area contributed by atoms with Crippen LogP contribution in [0.5, 0.6) is 0 Å². The molecule has 0 aliphatic rings. The Morgan fingerprint density at radius 1 is 1.04 bits per heavy atom. The average molecular weight is 357 g/mol. The normalized spacial score (nSPS) is 11.4. The number of nitriles is 1. The van der Waals surface area contributed by atoms with E-state index >= 15 is 0 Å². The largest absolute Gasteiger partial charge is 0.347 e. The molecular weight excluding hydrogens is 338 g/mol. The molecule has 2 N–H and O–H groups in total. The third-order valence-corrected chi connectivity index (χ3v) is 4.59. The van der Waals surface area contributed by atoms with E-state index in [4.69, 9.17) is 5.26 Å². The van der Waals surface area contributed by atoms with Crippen LogP contribution in [0, 0.1) is 11.3 Å².